The summed E-state index contributed by atoms with van der Waals surface area (Å²) in [5, 5.41) is 5.29. The number of aryl methyl sites for hydroxylation is 1. The van der Waals surface area contributed by atoms with Crippen LogP contribution in [0.3, 0.4) is 0 Å². The Morgan fingerprint density at radius 3 is 2.31 bits per heavy atom. The lowest BCUT2D eigenvalue weighted by atomic mass is 10.1. The van der Waals surface area contributed by atoms with Gasteiger partial charge in [0, 0.05) is 11.3 Å². The molecule has 0 fully saturated rings. The number of Topliss-reactive ketones (excluding diaryl/α,β-unsaturated/α-hetero) is 1. The molecule has 2 aromatic carbocycles. The molecule has 6 nitrogen and oxygen atoms in total. The molecule has 26 heavy (non-hydrogen) atoms. The van der Waals surface area contributed by atoms with Gasteiger partial charge in [-0.15, -0.1) is 0 Å². The third kappa shape index (κ3) is 5.73. The Hall–Kier alpha value is -3.15. The van der Waals surface area contributed by atoms with Crippen LogP contribution < -0.4 is 15.4 Å². The van der Waals surface area contributed by atoms with Crippen LogP contribution in [-0.2, 0) is 16.0 Å². The van der Waals surface area contributed by atoms with Crippen LogP contribution in [0.4, 0.5) is 5.69 Å². The summed E-state index contributed by atoms with van der Waals surface area (Å²) < 4.78 is 5.33. The molecule has 136 valence electrons. The molecule has 0 saturated heterocycles. The summed E-state index contributed by atoms with van der Waals surface area (Å²) >= 11 is 0. The quantitative estimate of drug-likeness (QED) is 0.714. The van der Waals surface area contributed by atoms with Gasteiger partial charge in [-0.2, -0.15) is 0 Å². The lowest BCUT2D eigenvalue weighted by Gasteiger charge is -2.11. The van der Waals surface area contributed by atoms with E-state index < -0.39 is 5.91 Å². The van der Waals surface area contributed by atoms with Crippen molar-refractivity contribution in [2.24, 2.45) is 0 Å². The van der Waals surface area contributed by atoms with Gasteiger partial charge in [-0.25, -0.2) is 0 Å². The van der Waals surface area contributed by atoms with Crippen molar-refractivity contribution in [1.29, 1.82) is 0 Å². The van der Waals surface area contributed by atoms with E-state index in [-0.39, 0.29) is 24.8 Å². The van der Waals surface area contributed by atoms with Crippen LogP contribution in [-0.4, -0.2) is 30.7 Å². The van der Waals surface area contributed by atoms with Gasteiger partial charge in [-0.3, -0.25) is 14.4 Å². The molecule has 0 heterocycles. The van der Waals surface area contributed by atoms with Crippen LogP contribution in [0.2, 0.25) is 0 Å². The van der Waals surface area contributed by atoms with Crippen LogP contribution in [0.25, 0.3) is 0 Å². The van der Waals surface area contributed by atoms with Crippen molar-refractivity contribution in [3.8, 4) is 5.75 Å². The van der Waals surface area contributed by atoms with Crippen LogP contribution in [0.5, 0.6) is 5.75 Å². The lowest BCUT2D eigenvalue weighted by molar-refractivity contribution is -0.125. The third-order valence-electron chi connectivity index (χ3n) is 3.75. The van der Waals surface area contributed by atoms with Crippen molar-refractivity contribution in [3.05, 3.63) is 59.7 Å². The zero-order valence-corrected chi connectivity index (χ0v) is 14.9. The summed E-state index contributed by atoms with van der Waals surface area (Å²) in [5.41, 5.74) is 2.35. The summed E-state index contributed by atoms with van der Waals surface area (Å²) in [5.74, 6) is -0.263. The van der Waals surface area contributed by atoms with Crippen molar-refractivity contribution >= 4 is 23.3 Å². The van der Waals surface area contributed by atoms with E-state index in [2.05, 4.69) is 10.6 Å². The molecule has 0 aliphatic carbocycles. The Bertz CT molecular complexity index is 785. The van der Waals surface area contributed by atoms with Gasteiger partial charge in [0.2, 0.25) is 5.91 Å². The first-order chi connectivity index (χ1) is 12.5. The first kappa shape index (κ1) is 19.2. The zero-order chi connectivity index (χ0) is 18.9. The predicted octanol–water partition coefficient (Wildman–Crippen LogP) is 2.59. The lowest BCUT2D eigenvalue weighted by Crippen LogP contribution is -2.35. The van der Waals surface area contributed by atoms with Gasteiger partial charge in [0.15, 0.2) is 12.4 Å². The van der Waals surface area contributed by atoms with Gasteiger partial charge in [-0.1, -0.05) is 25.1 Å². The van der Waals surface area contributed by atoms with Gasteiger partial charge in [-0.05, 0) is 49.2 Å². The Balaban J connectivity index is 1.75. The Morgan fingerprint density at radius 1 is 0.962 bits per heavy atom. The standard InChI is InChI=1S/C20H22N2O4/c1-3-15-6-4-5-7-18(15)22-19(24)12-21-20(25)13-26-17-10-8-16(9-11-17)14(2)23/h4-11H,3,12-13H2,1-2H3,(H,21,25)(H,22,24). The monoisotopic (exact) mass is 354 g/mol. The smallest absolute Gasteiger partial charge is 0.258 e. The molecular weight excluding hydrogens is 332 g/mol. The summed E-state index contributed by atoms with van der Waals surface area (Å²) in [6.07, 6.45) is 0.805. The molecule has 2 N–H and O–H groups in total. The highest BCUT2D eigenvalue weighted by atomic mass is 16.5. The third-order valence-corrected chi connectivity index (χ3v) is 3.75. The summed E-state index contributed by atoms with van der Waals surface area (Å²) in [7, 11) is 0. The van der Waals surface area contributed by atoms with Crippen molar-refractivity contribution in [3.63, 3.8) is 0 Å². The number of hydrogen-bond donors (Lipinski definition) is 2. The Morgan fingerprint density at radius 2 is 1.65 bits per heavy atom. The van der Waals surface area contributed by atoms with E-state index in [4.69, 9.17) is 4.74 Å². The highest BCUT2D eigenvalue weighted by Gasteiger charge is 2.09. The number of nitrogens with one attached hydrogen (secondary N) is 2. The van der Waals surface area contributed by atoms with E-state index in [1.807, 2.05) is 31.2 Å². The Labute approximate surface area is 152 Å². The van der Waals surface area contributed by atoms with E-state index in [0.717, 1.165) is 17.7 Å². The zero-order valence-electron chi connectivity index (χ0n) is 14.9. The molecule has 0 bridgehead atoms. The number of amides is 2. The van der Waals surface area contributed by atoms with Crippen LogP contribution in [0.15, 0.2) is 48.5 Å². The molecule has 0 radical (unpaired) electrons. The average Bonchev–Trinajstić information content (AvgIpc) is 2.65. The van der Waals surface area contributed by atoms with E-state index in [1.165, 1.54) is 6.92 Å². The second-order valence-electron chi connectivity index (χ2n) is 5.70. The van der Waals surface area contributed by atoms with Gasteiger partial charge in [0.25, 0.3) is 5.91 Å². The molecule has 0 spiro atoms. The van der Waals surface area contributed by atoms with Crippen molar-refractivity contribution < 1.29 is 19.1 Å². The first-order valence-electron chi connectivity index (χ1n) is 8.38. The van der Waals surface area contributed by atoms with Crippen LogP contribution >= 0.6 is 0 Å². The van der Waals surface area contributed by atoms with Crippen molar-refractivity contribution in [2.45, 2.75) is 20.3 Å². The van der Waals surface area contributed by atoms with Crippen molar-refractivity contribution in [1.82, 2.24) is 5.32 Å². The second kappa shape index (κ2) is 9.36. The first-order valence-corrected chi connectivity index (χ1v) is 8.38. The van der Waals surface area contributed by atoms with Crippen LogP contribution in [0, 0.1) is 0 Å². The second-order valence-corrected chi connectivity index (χ2v) is 5.70. The minimum Gasteiger partial charge on any atom is -0.484 e. The molecule has 0 saturated carbocycles. The molecule has 0 aliphatic rings. The molecule has 2 rings (SSSR count). The molecule has 0 unspecified atom stereocenters. The van der Waals surface area contributed by atoms with Crippen LogP contribution in [0.1, 0.15) is 29.8 Å². The van der Waals surface area contributed by atoms with E-state index >= 15 is 0 Å². The minimum absolute atomic E-state index is 0.0371. The molecule has 0 aliphatic heterocycles. The predicted molar refractivity (Wildman–Crippen MR) is 99.4 cm³/mol. The van der Waals surface area contributed by atoms with Gasteiger partial charge in [0.05, 0.1) is 6.54 Å². The molecular formula is C20H22N2O4. The fraction of sp³-hybridized carbons (Fsp3) is 0.250. The number of rotatable bonds is 8. The van der Waals surface area contributed by atoms with E-state index in [1.54, 1.807) is 24.3 Å². The largest absolute Gasteiger partial charge is 0.484 e. The Kier molecular flexibility index (Phi) is 6.91. The normalized spacial score (nSPS) is 10.1. The number of ether oxygens (including phenoxy) is 1. The summed E-state index contributed by atoms with van der Waals surface area (Å²) in [6, 6.07) is 14.0. The average molecular weight is 354 g/mol. The highest BCUT2D eigenvalue weighted by molar-refractivity contribution is 5.95. The fourth-order valence-electron chi connectivity index (χ4n) is 2.31. The number of ketones is 1. The van der Waals surface area contributed by atoms with Gasteiger partial charge < -0.3 is 15.4 Å². The molecule has 0 atom stereocenters. The summed E-state index contributed by atoms with van der Waals surface area (Å²) in [6.45, 7) is 3.14. The topological polar surface area (TPSA) is 84.5 Å². The maximum atomic E-state index is 12.0. The number of carbonyl (C=O) groups is 3. The number of hydrogen-bond acceptors (Lipinski definition) is 4. The maximum Gasteiger partial charge on any atom is 0.258 e. The van der Waals surface area contributed by atoms with Gasteiger partial charge >= 0.3 is 0 Å². The number of carbonyl (C=O) groups excluding carboxylic acids is 3. The maximum absolute atomic E-state index is 12.0. The number of para-hydroxylation sites is 1. The minimum atomic E-state index is -0.403. The van der Waals surface area contributed by atoms with Gasteiger partial charge in [0.1, 0.15) is 5.75 Å². The van der Waals surface area contributed by atoms with Crippen molar-refractivity contribution in [2.75, 3.05) is 18.5 Å². The SMILES string of the molecule is CCc1ccccc1NC(=O)CNC(=O)COc1ccc(C(C)=O)cc1. The summed E-state index contributed by atoms with van der Waals surface area (Å²) in [4.78, 5) is 35.0. The molecule has 2 amide bonds. The molecule has 2 aromatic rings. The highest BCUT2D eigenvalue weighted by Crippen LogP contribution is 2.15. The fourth-order valence-corrected chi connectivity index (χ4v) is 2.31. The van der Waals surface area contributed by atoms with E-state index in [9.17, 15) is 14.4 Å². The number of benzene rings is 2. The molecule has 0 aromatic heterocycles. The number of anilines is 1. The van der Waals surface area contributed by atoms with E-state index in [0.29, 0.717) is 11.3 Å². The molecule has 6 heteroatoms.